The third-order valence-electron chi connectivity index (χ3n) is 3.79. The van der Waals surface area contributed by atoms with Gasteiger partial charge < -0.3 is 0 Å². The summed E-state index contributed by atoms with van der Waals surface area (Å²) in [5, 5.41) is 0.928. The van der Waals surface area contributed by atoms with Crippen molar-refractivity contribution >= 4 is 26.6 Å². The summed E-state index contributed by atoms with van der Waals surface area (Å²) >= 11 is 0. The maximum absolute atomic E-state index is 11.5. The highest BCUT2D eigenvalue weighted by molar-refractivity contribution is 7.92. The highest BCUT2D eigenvalue weighted by atomic mass is 32.2. The van der Waals surface area contributed by atoms with Crippen LogP contribution in [0, 0.1) is 20.8 Å². The number of aryl methyl sites for hydroxylation is 3. The van der Waals surface area contributed by atoms with Crippen molar-refractivity contribution in [2.45, 2.75) is 20.8 Å². The number of anilines is 1. The van der Waals surface area contributed by atoms with Gasteiger partial charge in [0.25, 0.3) is 0 Å². The number of sulfonamides is 1. The highest BCUT2D eigenvalue weighted by Gasteiger charge is 2.11. The van der Waals surface area contributed by atoms with Crippen molar-refractivity contribution in [3.8, 4) is 11.4 Å². The SMILES string of the molecule is Cc1ccc(-c2cc(C)c3cc(NS(C)(=O)=O)cc(C)c3n2)nc1. The van der Waals surface area contributed by atoms with Crippen LogP contribution in [0.1, 0.15) is 16.7 Å². The van der Waals surface area contributed by atoms with E-state index in [0.717, 1.165) is 45.2 Å². The van der Waals surface area contributed by atoms with Gasteiger partial charge in [0.05, 0.1) is 23.2 Å². The van der Waals surface area contributed by atoms with Crippen molar-refractivity contribution in [3.05, 3.63) is 53.2 Å². The molecular formula is C18H19N3O2S. The largest absolute Gasteiger partial charge is 0.284 e. The van der Waals surface area contributed by atoms with E-state index >= 15 is 0 Å². The molecule has 2 heterocycles. The van der Waals surface area contributed by atoms with E-state index in [4.69, 9.17) is 4.98 Å². The van der Waals surface area contributed by atoms with Crippen LogP contribution in [0.15, 0.2) is 36.5 Å². The molecule has 0 aliphatic rings. The average molecular weight is 341 g/mol. The molecule has 6 heteroatoms. The van der Waals surface area contributed by atoms with Gasteiger partial charge in [-0.2, -0.15) is 0 Å². The minimum atomic E-state index is -3.31. The van der Waals surface area contributed by atoms with Gasteiger partial charge in [-0.15, -0.1) is 0 Å². The summed E-state index contributed by atoms with van der Waals surface area (Å²) in [6, 6.07) is 9.55. The maximum atomic E-state index is 11.5. The lowest BCUT2D eigenvalue weighted by Crippen LogP contribution is -2.09. The van der Waals surface area contributed by atoms with Gasteiger partial charge in [-0.05, 0) is 61.7 Å². The second-order valence-corrected chi connectivity index (χ2v) is 7.86. The normalized spacial score (nSPS) is 11.7. The fourth-order valence-electron chi connectivity index (χ4n) is 2.69. The standard InChI is InChI=1S/C18H19N3O2S/c1-11-5-6-16(19-10-11)17-8-12(2)15-9-14(21-24(4,22)23)7-13(3)18(15)20-17/h5-10,21H,1-4H3. The molecule has 0 aliphatic heterocycles. The molecule has 3 aromatic rings. The van der Waals surface area contributed by atoms with Crippen LogP contribution < -0.4 is 4.72 Å². The Kier molecular flexibility index (Phi) is 4.01. The summed E-state index contributed by atoms with van der Waals surface area (Å²) in [4.78, 5) is 9.17. The van der Waals surface area contributed by atoms with E-state index in [1.54, 1.807) is 6.07 Å². The lowest BCUT2D eigenvalue weighted by Gasteiger charge is -2.12. The van der Waals surface area contributed by atoms with Crippen LogP contribution in [-0.4, -0.2) is 24.6 Å². The van der Waals surface area contributed by atoms with Crippen LogP contribution in [0.2, 0.25) is 0 Å². The first kappa shape index (κ1) is 16.4. The third-order valence-corrected chi connectivity index (χ3v) is 4.39. The molecule has 2 aromatic heterocycles. The minimum absolute atomic E-state index is 0.550. The van der Waals surface area contributed by atoms with Gasteiger partial charge in [0, 0.05) is 17.3 Å². The number of rotatable bonds is 3. The lowest BCUT2D eigenvalue weighted by molar-refractivity contribution is 0.607. The fourth-order valence-corrected chi connectivity index (χ4v) is 3.23. The van der Waals surface area contributed by atoms with Gasteiger partial charge in [0.2, 0.25) is 10.0 Å². The molecule has 0 bridgehead atoms. The molecule has 0 spiro atoms. The van der Waals surface area contributed by atoms with Crippen molar-refractivity contribution in [1.82, 2.24) is 9.97 Å². The number of nitrogens with one attached hydrogen (secondary N) is 1. The van der Waals surface area contributed by atoms with Gasteiger partial charge in [0.1, 0.15) is 0 Å². The Bertz CT molecular complexity index is 1030. The van der Waals surface area contributed by atoms with Gasteiger partial charge in [0.15, 0.2) is 0 Å². The van der Waals surface area contributed by atoms with Gasteiger partial charge in [-0.25, -0.2) is 13.4 Å². The average Bonchev–Trinajstić information content (AvgIpc) is 2.47. The molecule has 0 atom stereocenters. The molecule has 3 rings (SSSR count). The molecule has 124 valence electrons. The lowest BCUT2D eigenvalue weighted by atomic mass is 10.0. The monoisotopic (exact) mass is 341 g/mol. The quantitative estimate of drug-likeness (QED) is 0.790. The van der Waals surface area contributed by atoms with E-state index < -0.39 is 10.0 Å². The zero-order chi connectivity index (χ0) is 17.5. The molecule has 24 heavy (non-hydrogen) atoms. The summed E-state index contributed by atoms with van der Waals surface area (Å²) in [6.45, 7) is 5.91. The third kappa shape index (κ3) is 3.38. The van der Waals surface area contributed by atoms with E-state index in [1.807, 2.05) is 51.2 Å². The molecule has 0 unspecified atom stereocenters. The summed E-state index contributed by atoms with van der Waals surface area (Å²) in [5.74, 6) is 0. The molecule has 0 fully saturated rings. The second-order valence-electron chi connectivity index (χ2n) is 6.11. The summed E-state index contributed by atoms with van der Waals surface area (Å²) in [7, 11) is -3.31. The van der Waals surface area contributed by atoms with E-state index in [-0.39, 0.29) is 0 Å². The van der Waals surface area contributed by atoms with Crippen molar-refractivity contribution in [1.29, 1.82) is 0 Å². The Morgan fingerprint density at radius 1 is 0.958 bits per heavy atom. The topological polar surface area (TPSA) is 72.0 Å². The zero-order valence-electron chi connectivity index (χ0n) is 14.1. The molecular weight excluding hydrogens is 322 g/mol. The molecule has 0 radical (unpaired) electrons. The molecule has 0 amide bonds. The van der Waals surface area contributed by atoms with Crippen LogP contribution >= 0.6 is 0 Å². The Morgan fingerprint density at radius 3 is 2.33 bits per heavy atom. The van der Waals surface area contributed by atoms with Crippen LogP contribution in [0.25, 0.3) is 22.3 Å². The van der Waals surface area contributed by atoms with Gasteiger partial charge in [-0.1, -0.05) is 6.07 Å². The molecule has 0 saturated carbocycles. The van der Waals surface area contributed by atoms with Crippen LogP contribution in [0.5, 0.6) is 0 Å². The maximum Gasteiger partial charge on any atom is 0.229 e. The van der Waals surface area contributed by atoms with E-state index in [2.05, 4.69) is 9.71 Å². The van der Waals surface area contributed by atoms with Crippen molar-refractivity contribution in [2.75, 3.05) is 11.0 Å². The first-order chi connectivity index (χ1) is 11.2. The molecule has 1 N–H and O–H groups in total. The predicted molar refractivity (Wildman–Crippen MR) is 97.7 cm³/mol. The van der Waals surface area contributed by atoms with Crippen LogP contribution in [0.4, 0.5) is 5.69 Å². The number of benzene rings is 1. The second kappa shape index (κ2) is 5.87. The van der Waals surface area contributed by atoms with Crippen molar-refractivity contribution in [2.24, 2.45) is 0 Å². The molecule has 0 saturated heterocycles. The fraction of sp³-hybridized carbons (Fsp3) is 0.222. The Hall–Kier alpha value is -2.47. The Labute approximate surface area is 141 Å². The number of fused-ring (bicyclic) bond motifs is 1. The molecule has 1 aromatic carbocycles. The number of pyridine rings is 2. The van der Waals surface area contributed by atoms with E-state index in [0.29, 0.717) is 5.69 Å². The van der Waals surface area contributed by atoms with E-state index in [9.17, 15) is 8.42 Å². The zero-order valence-corrected chi connectivity index (χ0v) is 14.9. The minimum Gasteiger partial charge on any atom is -0.284 e. The van der Waals surface area contributed by atoms with Crippen LogP contribution in [0.3, 0.4) is 0 Å². The van der Waals surface area contributed by atoms with E-state index in [1.165, 1.54) is 0 Å². The Balaban J connectivity index is 2.17. The Morgan fingerprint density at radius 2 is 1.71 bits per heavy atom. The smallest absolute Gasteiger partial charge is 0.229 e. The van der Waals surface area contributed by atoms with Gasteiger partial charge in [-0.3, -0.25) is 9.71 Å². The summed E-state index contributed by atoms with van der Waals surface area (Å²) in [6.07, 6.45) is 2.96. The summed E-state index contributed by atoms with van der Waals surface area (Å²) < 4.78 is 25.5. The van der Waals surface area contributed by atoms with Crippen molar-refractivity contribution in [3.63, 3.8) is 0 Å². The predicted octanol–water partition coefficient (Wildman–Crippen LogP) is 3.59. The molecule has 5 nitrogen and oxygen atoms in total. The number of aromatic nitrogens is 2. The first-order valence-electron chi connectivity index (χ1n) is 7.56. The highest BCUT2D eigenvalue weighted by Crippen LogP contribution is 2.28. The van der Waals surface area contributed by atoms with Crippen LogP contribution in [-0.2, 0) is 10.0 Å². The number of hydrogen-bond acceptors (Lipinski definition) is 4. The number of hydrogen-bond donors (Lipinski definition) is 1. The molecule has 0 aliphatic carbocycles. The number of nitrogens with zero attached hydrogens (tertiary/aromatic N) is 2. The first-order valence-corrected chi connectivity index (χ1v) is 9.45. The summed E-state index contributed by atoms with van der Waals surface area (Å²) in [5.41, 5.74) is 6.08. The van der Waals surface area contributed by atoms with Crippen molar-refractivity contribution < 1.29 is 8.42 Å². The van der Waals surface area contributed by atoms with Gasteiger partial charge >= 0.3 is 0 Å².